The van der Waals surface area contributed by atoms with Crippen LogP contribution in [-0.4, -0.2) is 49.0 Å². The van der Waals surface area contributed by atoms with Crippen molar-refractivity contribution in [3.05, 3.63) is 41.5 Å². The Morgan fingerprint density at radius 1 is 1.00 bits per heavy atom. The summed E-state index contributed by atoms with van der Waals surface area (Å²) in [6.45, 7) is 9.02. The number of benzene rings is 1. The number of hydrogen-bond donors (Lipinski definition) is 4. The number of carbonyl (C=O) groups excluding carboxylic acids is 1. The molecule has 4 N–H and O–H groups in total. The fraction of sp³-hybridized carbons (Fsp3) is 0.688. The van der Waals surface area contributed by atoms with E-state index in [4.69, 9.17) is 9.57 Å². The van der Waals surface area contributed by atoms with Crippen molar-refractivity contribution in [2.45, 2.75) is 97.4 Å². The van der Waals surface area contributed by atoms with E-state index < -0.39 is 12.3 Å². The third-order valence-corrected chi connectivity index (χ3v) is 8.11. The summed E-state index contributed by atoms with van der Waals surface area (Å²) in [4.78, 5) is 29.1. The fourth-order valence-electron chi connectivity index (χ4n) is 5.79. The van der Waals surface area contributed by atoms with Crippen LogP contribution in [0.5, 0.6) is 0 Å². The molecule has 3 rings (SSSR count). The van der Waals surface area contributed by atoms with E-state index in [0.29, 0.717) is 24.4 Å². The lowest BCUT2D eigenvalue weighted by Crippen LogP contribution is -2.45. The summed E-state index contributed by atoms with van der Waals surface area (Å²) in [7, 11) is 0. The van der Waals surface area contributed by atoms with Crippen LogP contribution < -0.4 is 16.1 Å². The maximum absolute atomic E-state index is 12.1. The molecule has 8 heteroatoms. The molecule has 2 aliphatic rings. The van der Waals surface area contributed by atoms with Crippen LogP contribution in [0.15, 0.2) is 30.3 Å². The number of rotatable bonds is 16. The topological polar surface area (TPSA) is 109 Å². The van der Waals surface area contributed by atoms with Crippen LogP contribution in [0.25, 0.3) is 6.08 Å². The van der Waals surface area contributed by atoms with Gasteiger partial charge in [0.25, 0.3) is 5.91 Å². The van der Waals surface area contributed by atoms with Gasteiger partial charge < -0.3 is 20.5 Å². The molecule has 1 aromatic carbocycles. The SMILES string of the molecule is CC(C)COC(C)ONC(=O)/C=C/c1cccc(CNCC2CCC(CN[C@H](C(=O)O)C3CCCCC3)CC2)c1. The molecule has 0 saturated heterocycles. The molecule has 0 aliphatic heterocycles. The second kappa shape index (κ2) is 17.5. The van der Waals surface area contributed by atoms with Gasteiger partial charge in [-0.2, -0.15) is 0 Å². The Labute approximate surface area is 240 Å². The van der Waals surface area contributed by atoms with E-state index in [1.807, 2.05) is 12.1 Å². The minimum absolute atomic E-state index is 0.287. The summed E-state index contributed by atoms with van der Waals surface area (Å²) < 4.78 is 5.48. The number of hydrogen-bond acceptors (Lipinski definition) is 6. The Kier molecular flexibility index (Phi) is 14.1. The Bertz CT molecular complexity index is 923. The van der Waals surface area contributed by atoms with Crippen LogP contribution in [0.3, 0.4) is 0 Å². The molecular formula is C32H51N3O5. The van der Waals surface area contributed by atoms with E-state index in [1.54, 1.807) is 13.0 Å². The second-order valence-electron chi connectivity index (χ2n) is 12.1. The van der Waals surface area contributed by atoms with E-state index in [-0.39, 0.29) is 17.9 Å². The fourth-order valence-corrected chi connectivity index (χ4v) is 5.79. The summed E-state index contributed by atoms with van der Waals surface area (Å²) >= 11 is 0. The number of carbonyl (C=O) groups is 2. The third-order valence-electron chi connectivity index (χ3n) is 8.11. The lowest BCUT2D eigenvalue weighted by atomic mass is 9.81. The minimum Gasteiger partial charge on any atom is -0.480 e. The molecule has 1 aromatic rings. The van der Waals surface area contributed by atoms with Gasteiger partial charge in [-0.1, -0.05) is 57.4 Å². The largest absolute Gasteiger partial charge is 0.480 e. The number of ether oxygens (including phenoxy) is 1. The van der Waals surface area contributed by atoms with Gasteiger partial charge in [0.2, 0.25) is 0 Å². The quantitative estimate of drug-likeness (QED) is 0.124. The first kappa shape index (κ1) is 32.3. The zero-order chi connectivity index (χ0) is 28.7. The molecule has 8 nitrogen and oxygen atoms in total. The Hall–Kier alpha value is -2.26. The highest BCUT2D eigenvalue weighted by Crippen LogP contribution is 2.30. The molecule has 2 fully saturated rings. The van der Waals surface area contributed by atoms with Gasteiger partial charge in [-0.3, -0.25) is 9.59 Å². The zero-order valence-corrected chi connectivity index (χ0v) is 24.7. The van der Waals surface area contributed by atoms with E-state index in [1.165, 1.54) is 30.9 Å². The van der Waals surface area contributed by atoms with E-state index in [9.17, 15) is 14.7 Å². The van der Waals surface area contributed by atoms with Crippen molar-refractivity contribution < 1.29 is 24.3 Å². The highest BCUT2D eigenvalue weighted by Gasteiger charge is 2.30. The first-order valence-corrected chi connectivity index (χ1v) is 15.3. The summed E-state index contributed by atoms with van der Waals surface area (Å²) in [6.07, 6.45) is 13.1. The average molecular weight is 558 g/mol. The predicted octanol–water partition coefficient (Wildman–Crippen LogP) is 5.29. The molecule has 224 valence electrons. The van der Waals surface area contributed by atoms with Crippen molar-refractivity contribution in [1.82, 2.24) is 16.1 Å². The molecule has 0 spiro atoms. The van der Waals surface area contributed by atoms with Crippen molar-refractivity contribution in [2.75, 3.05) is 19.7 Å². The van der Waals surface area contributed by atoms with Crippen LogP contribution in [0.4, 0.5) is 0 Å². The third kappa shape index (κ3) is 12.1. The molecule has 0 aromatic heterocycles. The Morgan fingerprint density at radius 2 is 1.70 bits per heavy atom. The van der Waals surface area contributed by atoms with Gasteiger partial charge in [0.05, 0.1) is 6.61 Å². The highest BCUT2D eigenvalue weighted by molar-refractivity contribution is 5.90. The molecule has 2 atom stereocenters. The first-order valence-electron chi connectivity index (χ1n) is 15.3. The maximum Gasteiger partial charge on any atom is 0.320 e. The summed E-state index contributed by atoms with van der Waals surface area (Å²) in [5.74, 6) is 0.903. The summed E-state index contributed by atoms with van der Waals surface area (Å²) in [5.41, 5.74) is 4.54. The van der Waals surface area contributed by atoms with Gasteiger partial charge >= 0.3 is 5.97 Å². The minimum atomic E-state index is -0.682. The standard InChI is InChI=1S/C32H51N3O5/c1-23(2)22-39-24(3)40-35-30(36)17-16-25-8-7-9-28(18-25)20-33-19-26-12-14-27(15-13-26)21-34-31(32(37)38)29-10-5-4-6-11-29/h7-9,16-18,23-24,26-27,29,31,33-34H,4-6,10-15,19-22H2,1-3H3,(H,35,36)(H,37,38)/b17-16+/t24?,26?,27?,31-/m0/s1. The Balaban J connectivity index is 1.31. The van der Waals surface area contributed by atoms with Crippen LogP contribution in [0.2, 0.25) is 0 Å². The number of hydroxylamine groups is 1. The lowest BCUT2D eigenvalue weighted by Gasteiger charge is -2.32. The summed E-state index contributed by atoms with van der Waals surface area (Å²) in [6, 6.07) is 7.77. The number of aliphatic carboxylic acids is 1. The van der Waals surface area contributed by atoms with Crippen LogP contribution >= 0.6 is 0 Å². The van der Waals surface area contributed by atoms with Crippen molar-refractivity contribution in [3.63, 3.8) is 0 Å². The average Bonchev–Trinajstić information content (AvgIpc) is 2.95. The van der Waals surface area contributed by atoms with Crippen LogP contribution in [-0.2, 0) is 25.7 Å². The first-order chi connectivity index (χ1) is 19.3. The molecule has 0 bridgehead atoms. The predicted molar refractivity (Wildman–Crippen MR) is 158 cm³/mol. The van der Waals surface area contributed by atoms with E-state index >= 15 is 0 Å². The molecular weight excluding hydrogens is 506 g/mol. The molecule has 40 heavy (non-hydrogen) atoms. The Morgan fingerprint density at radius 3 is 2.38 bits per heavy atom. The zero-order valence-electron chi connectivity index (χ0n) is 24.7. The van der Waals surface area contributed by atoms with Gasteiger partial charge in [0, 0.05) is 12.6 Å². The molecule has 2 aliphatic carbocycles. The molecule has 2 saturated carbocycles. The number of carboxylic acids is 1. The van der Waals surface area contributed by atoms with E-state index in [2.05, 4.69) is 42.1 Å². The van der Waals surface area contributed by atoms with Crippen LogP contribution in [0.1, 0.15) is 89.7 Å². The smallest absolute Gasteiger partial charge is 0.320 e. The highest BCUT2D eigenvalue weighted by atomic mass is 16.8. The maximum atomic E-state index is 12.1. The normalized spacial score (nSPS) is 21.9. The van der Waals surface area contributed by atoms with Crippen LogP contribution in [0, 0.1) is 23.7 Å². The van der Waals surface area contributed by atoms with Crippen molar-refractivity contribution in [2.24, 2.45) is 23.7 Å². The van der Waals surface area contributed by atoms with Gasteiger partial charge in [-0.25, -0.2) is 10.3 Å². The number of carboxylic acid groups (broad SMARTS) is 1. The van der Waals surface area contributed by atoms with E-state index in [0.717, 1.165) is 63.7 Å². The number of amides is 1. The van der Waals surface area contributed by atoms with Gasteiger partial charge in [0.1, 0.15) is 6.04 Å². The van der Waals surface area contributed by atoms with Gasteiger partial charge in [-0.15, -0.1) is 0 Å². The number of nitrogens with one attached hydrogen (secondary N) is 3. The second-order valence-corrected chi connectivity index (χ2v) is 12.1. The van der Waals surface area contributed by atoms with Crippen molar-refractivity contribution in [1.29, 1.82) is 0 Å². The van der Waals surface area contributed by atoms with Gasteiger partial charge in [0.15, 0.2) is 6.29 Å². The monoisotopic (exact) mass is 557 g/mol. The van der Waals surface area contributed by atoms with Crippen molar-refractivity contribution in [3.8, 4) is 0 Å². The lowest BCUT2D eigenvalue weighted by molar-refractivity contribution is -0.180. The van der Waals surface area contributed by atoms with Crippen molar-refractivity contribution >= 4 is 18.0 Å². The summed E-state index contributed by atoms with van der Waals surface area (Å²) in [5, 5.41) is 16.8. The van der Waals surface area contributed by atoms with Gasteiger partial charge in [-0.05, 0) is 99.4 Å². The molecule has 1 unspecified atom stereocenters. The molecule has 1 amide bonds. The molecule has 0 heterocycles. The molecule has 0 radical (unpaired) electrons.